The van der Waals surface area contributed by atoms with Crippen LogP contribution in [-0.4, -0.2) is 9.55 Å². The maximum absolute atomic E-state index is 12.0. The zero-order chi connectivity index (χ0) is 14.0. The summed E-state index contributed by atoms with van der Waals surface area (Å²) in [6.07, 6.45) is 0.959. The van der Waals surface area contributed by atoms with E-state index in [9.17, 15) is 9.59 Å². The monoisotopic (exact) mass is 278 g/mol. The lowest BCUT2D eigenvalue weighted by Crippen LogP contribution is -2.36. The van der Waals surface area contributed by atoms with Gasteiger partial charge in [0, 0.05) is 5.56 Å². The summed E-state index contributed by atoms with van der Waals surface area (Å²) >= 11 is 5.76. The molecule has 0 fully saturated rings. The molecule has 4 nitrogen and oxygen atoms in total. The molecule has 0 saturated heterocycles. The molecule has 2 aromatic rings. The van der Waals surface area contributed by atoms with Crippen molar-refractivity contribution in [2.24, 2.45) is 0 Å². The highest BCUT2D eigenvalue weighted by atomic mass is 35.5. The van der Waals surface area contributed by atoms with Crippen LogP contribution in [0.25, 0.3) is 0 Å². The topological polar surface area (TPSA) is 54.9 Å². The minimum atomic E-state index is -0.486. The number of halogens is 1. The van der Waals surface area contributed by atoms with E-state index in [0.29, 0.717) is 5.56 Å². The molecular weight excluding hydrogens is 264 g/mol. The molecule has 0 atom stereocenters. The van der Waals surface area contributed by atoms with E-state index in [2.05, 4.69) is 11.9 Å². The van der Waals surface area contributed by atoms with E-state index in [0.717, 1.165) is 16.6 Å². The Balaban J connectivity index is 2.41. The summed E-state index contributed by atoms with van der Waals surface area (Å²) < 4.78 is 1.15. The number of hydrogen-bond donors (Lipinski definition) is 1. The van der Waals surface area contributed by atoms with Crippen molar-refractivity contribution >= 4 is 11.6 Å². The van der Waals surface area contributed by atoms with Gasteiger partial charge in [0.25, 0.3) is 5.56 Å². The highest BCUT2D eigenvalue weighted by Crippen LogP contribution is 2.07. The fourth-order valence-electron chi connectivity index (χ4n) is 1.85. The molecule has 1 heterocycles. The summed E-state index contributed by atoms with van der Waals surface area (Å²) in [7, 11) is 0. The van der Waals surface area contributed by atoms with E-state index in [-0.39, 0.29) is 17.3 Å². The minimum Gasteiger partial charge on any atom is -0.297 e. The molecule has 1 aromatic carbocycles. The van der Waals surface area contributed by atoms with Gasteiger partial charge in [-0.1, -0.05) is 42.8 Å². The summed E-state index contributed by atoms with van der Waals surface area (Å²) in [5.41, 5.74) is 1.64. The number of nitrogens with one attached hydrogen (secondary N) is 1. The third-order valence-electron chi connectivity index (χ3n) is 3.13. The Morgan fingerprint density at radius 3 is 2.32 bits per heavy atom. The highest BCUT2D eigenvalue weighted by molar-refractivity contribution is 6.30. The van der Waals surface area contributed by atoms with E-state index in [4.69, 9.17) is 11.6 Å². The number of benzene rings is 1. The summed E-state index contributed by atoms with van der Waals surface area (Å²) in [6, 6.07) is 7.85. The van der Waals surface area contributed by atoms with Crippen molar-refractivity contribution in [2.75, 3.05) is 0 Å². The van der Waals surface area contributed by atoms with Gasteiger partial charge in [-0.3, -0.25) is 14.3 Å². The lowest BCUT2D eigenvalue weighted by Gasteiger charge is -2.07. The first-order valence-corrected chi connectivity index (χ1v) is 6.47. The third kappa shape index (κ3) is 2.79. The Morgan fingerprint density at radius 1 is 1.16 bits per heavy atom. The molecule has 2 rings (SSSR count). The van der Waals surface area contributed by atoms with Crippen molar-refractivity contribution in [1.29, 1.82) is 0 Å². The number of rotatable bonds is 3. The number of H-pyrrole nitrogens is 1. The lowest BCUT2D eigenvalue weighted by atomic mass is 10.1. The lowest BCUT2D eigenvalue weighted by molar-refractivity contribution is 0.691. The molecule has 100 valence electrons. The molecule has 0 spiro atoms. The third-order valence-corrected chi connectivity index (χ3v) is 3.51. The standard InChI is InChI=1S/C14H15ClN2O2/c1-3-10-4-6-11(7-5-10)8-17-13(18)9(2)12(15)16-14(17)19/h4-7H,3,8H2,1-2H3,(H,16,19). The number of aromatic amines is 1. The van der Waals surface area contributed by atoms with Gasteiger partial charge in [-0.2, -0.15) is 0 Å². The summed E-state index contributed by atoms with van der Waals surface area (Å²) in [4.78, 5) is 26.2. The van der Waals surface area contributed by atoms with E-state index >= 15 is 0 Å². The van der Waals surface area contributed by atoms with Crippen molar-refractivity contribution in [2.45, 2.75) is 26.8 Å². The average Bonchev–Trinajstić information content (AvgIpc) is 2.42. The van der Waals surface area contributed by atoms with Crippen LogP contribution in [-0.2, 0) is 13.0 Å². The second-order valence-corrected chi connectivity index (χ2v) is 4.81. The molecule has 19 heavy (non-hydrogen) atoms. The van der Waals surface area contributed by atoms with Gasteiger partial charge in [-0.25, -0.2) is 4.79 Å². The van der Waals surface area contributed by atoms with Gasteiger partial charge in [-0.05, 0) is 24.5 Å². The van der Waals surface area contributed by atoms with Gasteiger partial charge in [-0.15, -0.1) is 0 Å². The Bertz CT molecular complexity index is 699. The number of hydrogen-bond acceptors (Lipinski definition) is 2. The fraction of sp³-hybridized carbons (Fsp3) is 0.286. The van der Waals surface area contributed by atoms with Crippen molar-refractivity contribution in [3.8, 4) is 0 Å². The van der Waals surface area contributed by atoms with Gasteiger partial charge in [0.15, 0.2) is 0 Å². The maximum Gasteiger partial charge on any atom is 0.329 e. The number of nitrogens with zero attached hydrogens (tertiary/aromatic N) is 1. The van der Waals surface area contributed by atoms with Crippen molar-refractivity contribution in [3.63, 3.8) is 0 Å². The predicted molar refractivity (Wildman–Crippen MR) is 76.0 cm³/mol. The first-order valence-electron chi connectivity index (χ1n) is 6.10. The summed E-state index contributed by atoms with van der Waals surface area (Å²) in [6.45, 7) is 3.92. The van der Waals surface area contributed by atoms with Gasteiger partial charge in [0.2, 0.25) is 0 Å². The SMILES string of the molecule is CCc1ccc(Cn2c(=O)[nH]c(Cl)c(C)c2=O)cc1. The predicted octanol–water partition coefficient (Wildman–Crippen LogP) is 2.11. The van der Waals surface area contributed by atoms with Gasteiger partial charge < -0.3 is 0 Å². The van der Waals surface area contributed by atoms with Crippen molar-refractivity contribution in [1.82, 2.24) is 9.55 Å². The smallest absolute Gasteiger partial charge is 0.297 e. The molecule has 5 heteroatoms. The quantitative estimate of drug-likeness (QED) is 0.874. The van der Waals surface area contributed by atoms with E-state index in [1.165, 1.54) is 5.56 Å². The molecule has 0 aliphatic carbocycles. The molecule has 0 radical (unpaired) electrons. The largest absolute Gasteiger partial charge is 0.329 e. The molecule has 0 amide bonds. The van der Waals surface area contributed by atoms with Crippen LogP contribution < -0.4 is 11.2 Å². The van der Waals surface area contributed by atoms with Crippen LogP contribution in [0.3, 0.4) is 0 Å². The van der Waals surface area contributed by atoms with Crippen LogP contribution in [0.2, 0.25) is 5.15 Å². The molecule has 0 saturated carbocycles. The number of aryl methyl sites for hydroxylation is 1. The molecule has 0 unspecified atom stereocenters. The Kier molecular flexibility index (Phi) is 3.90. The van der Waals surface area contributed by atoms with Crippen molar-refractivity contribution in [3.05, 3.63) is 66.9 Å². The fourth-order valence-corrected chi connectivity index (χ4v) is 2.01. The molecule has 1 aromatic heterocycles. The molecule has 0 bridgehead atoms. The minimum absolute atomic E-state index is 0.104. The van der Waals surface area contributed by atoms with Crippen LogP contribution in [0.15, 0.2) is 33.9 Å². The van der Waals surface area contributed by atoms with E-state index in [1.54, 1.807) is 6.92 Å². The maximum atomic E-state index is 12.0. The van der Waals surface area contributed by atoms with Gasteiger partial charge in [0.05, 0.1) is 6.54 Å². The van der Waals surface area contributed by atoms with Crippen LogP contribution in [0.4, 0.5) is 0 Å². The summed E-state index contributed by atoms with van der Waals surface area (Å²) in [5.74, 6) is 0. The second-order valence-electron chi connectivity index (χ2n) is 4.43. The Morgan fingerprint density at radius 2 is 1.74 bits per heavy atom. The van der Waals surface area contributed by atoms with Gasteiger partial charge in [0.1, 0.15) is 5.15 Å². The van der Waals surface area contributed by atoms with Crippen LogP contribution in [0, 0.1) is 6.92 Å². The molecule has 0 aliphatic rings. The second kappa shape index (κ2) is 5.45. The Labute approximate surface area is 115 Å². The normalized spacial score (nSPS) is 10.7. The Hall–Kier alpha value is -1.81. The van der Waals surface area contributed by atoms with Crippen LogP contribution >= 0.6 is 11.6 Å². The van der Waals surface area contributed by atoms with Crippen molar-refractivity contribution < 1.29 is 0 Å². The van der Waals surface area contributed by atoms with Crippen LogP contribution in [0.5, 0.6) is 0 Å². The van der Waals surface area contributed by atoms with E-state index in [1.807, 2.05) is 24.3 Å². The zero-order valence-corrected chi connectivity index (χ0v) is 11.6. The molecule has 0 aliphatic heterocycles. The van der Waals surface area contributed by atoms with E-state index < -0.39 is 5.69 Å². The highest BCUT2D eigenvalue weighted by Gasteiger charge is 2.09. The average molecular weight is 279 g/mol. The van der Waals surface area contributed by atoms with Gasteiger partial charge >= 0.3 is 5.69 Å². The van der Waals surface area contributed by atoms with Crippen LogP contribution in [0.1, 0.15) is 23.6 Å². The number of aromatic nitrogens is 2. The molecular formula is C14H15ClN2O2. The summed E-state index contributed by atoms with van der Waals surface area (Å²) in [5, 5.41) is 0.104. The zero-order valence-electron chi connectivity index (χ0n) is 10.9. The molecule has 1 N–H and O–H groups in total. The first-order chi connectivity index (χ1) is 9.02. The first kappa shape index (κ1) is 13.6.